The molecule has 31 heavy (non-hydrogen) atoms. The van der Waals surface area contributed by atoms with E-state index in [1.807, 2.05) is 11.9 Å². The second kappa shape index (κ2) is 11.5. The average molecular weight is 428 g/mol. The van der Waals surface area contributed by atoms with Crippen molar-refractivity contribution in [1.82, 2.24) is 10.2 Å². The summed E-state index contributed by atoms with van der Waals surface area (Å²) in [5.41, 5.74) is 1.01. The van der Waals surface area contributed by atoms with Gasteiger partial charge in [-0.2, -0.15) is 0 Å². The first-order chi connectivity index (χ1) is 15.0. The second-order valence-electron chi connectivity index (χ2n) is 7.94. The summed E-state index contributed by atoms with van der Waals surface area (Å²) in [5.74, 6) is 0.00198. The molecule has 0 bridgehead atoms. The zero-order valence-electron chi connectivity index (χ0n) is 17.9. The van der Waals surface area contributed by atoms with Gasteiger partial charge in [0.2, 0.25) is 5.91 Å². The highest BCUT2D eigenvalue weighted by atomic mass is 19.1. The van der Waals surface area contributed by atoms with Gasteiger partial charge in [-0.05, 0) is 62.7 Å². The van der Waals surface area contributed by atoms with Gasteiger partial charge < -0.3 is 15.4 Å². The third kappa shape index (κ3) is 7.36. The summed E-state index contributed by atoms with van der Waals surface area (Å²) in [5, 5.41) is 5.93. The summed E-state index contributed by atoms with van der Waals surface area (Å²) in [6.45, 7) is 1.34. The minimum absolute atomic E-state index is 0.144. The van der Waals surface area contributed by atoms with Crippen LogP contribution >= 0.6 is 0 Å². The Bertz CT molecular complexity index is 867. The van der Waals surface area contributed by atoms with Gasteiger partial charge in [-0.15, -0.1) is 0 Å². The lowest BCUT2D eigenvalue weighted by atomic mass is 10.1. The van der Waals surface area contributed by atoms with Crippen LogP contribution in [0.5, 0.6) is 5.75 Å². The van der Waals surface area contributed by atoms with Crippen LogP contribution in [-0.4, -0.2) is 49.5 Å². The number of nitrogens with one attached hydrogen (secondary N) is 2. The molecule has 7 heteroatoms. The summed E-state index contributed by atoms with van der Waals surface area (Å²) < 4.78 is 18.5. The van der Waals surface area contributed by atoms with Crippen molar-refractivity contribution >= 4 is 17.5 Å². The number of para-hydroxylation sites is 1. The molecule has 6 nitrogen and oxygen atoms in total. The minimum atomic E-state index is -0.296. The van der Waals surface area contributed by atoms with Crippen molar-refractivity contribution in [1.29, 1.82) is 0 Å². The minimum Gasteiger partial charge on any atom is -0.494 e. The fourth-order valence-corrected chi connectivity index (χ4v) is 3.69. The van der Waals surface area contributed by atoms with Crippen LogP contribution < -0.4 is 15.4 Å². The number of carbonyl (C=O) groups excluding carboxylic acids is 2. The van der Waals surface area contributed by atoms with E-state index >= 15 is 0 Å². The molecule has 2 N–H and O–H groups in total. The number of rotatable bonds is 10. The van der Waals surface area contributed by atoms with Crippen molar-refractivity contribution in [2.24, 2.45) is 0 Å². The maximum atomic E-state index is 12.9. The van der Waals surface area contributed by atoms with Gasteiger partial charge in [-0.25, -0.2) is 4.39 Å². The monoisotopic (exact) mass is 427 g/mol. The van der Waals surface area contributed by atoms with Gasteiger partial charge >= 0.3 is 0 Å². The Hall–Kier alpha value is -2.93. The first kappa shape index (κ1) is 22.7. The van der Waals surface area contributed by atoms with Gasteiger partial charge in [-0.1, -0.05) is 25.0 Å². The van der Waals surface area contributed by atoms with Crippen LogP contribution in [0.2, 0.25) is 0 Å². The molecular weight excluding hydrogens is 397 g/mol. The van der Waals surface area contributed by atoms with E-state index in [0.717, 1.165) is 32.1 Å². The molecule has 166 valence electrons. The fourth-order valence-electron chi connectivity index (χ4n) is 3.69. The first-order valence-corrected chi connectivity index (χ1v) is 10.8. The van der Waals surface area contributed by atoms with E-state index in [2.05, 4.69) is 10.6 Å². The highest BCUT2D eigenvalue weighted by Gasteiger charge is 2.20. The first-order valence-electron chi connectivity index (χ1n) is 10.8. The van der Waals surface area contributed by atoms with E-state index < -0.39 is 0 Å². The maximum Gasteiger partial charge on any atom is 0.253 e. The fraction of sp³-hybridized carbons (Fsp3) is 0.417. The lowest BCUT2D eigenvalue weighted by molar-refractivity contribution is -0.117. The molecule has 0 heterocycles. The van der Waals surface area contributed by atoms with Crippen LogP contribution in [0.4, 0.5) is 10.1 Å². The molecule has 0 aromatic heterocycles. The summed E-state index contributed by atoms with van der Waals surface area (Å²) >= 11 is 0. The molecule has 1 aliphatic carbocycles. The Morgan fingerprint density at radius 2 is 1.81 bits per heavy atom. The van der Waals surface area contributed by atoms with Crippen molar-refractivity contribution in [2.75, 3.05) is 32.1 Å². The Morgan fingerprint density at radius 1 is 1.10 bits per heavy atom. The molecule has 2 aromatic rings. The van der Waals surface area contributed by atoms with Gasteiger partial charge in [-0.3, -0.25) is 14.5 Å². The molecule has 2 amide bonds. The molecule has 1 saturated carbocycles. The number of nitrogens with zero attached hydrogens (tertiary/aromatic N) is 1. The molecule has 0 unspecified atom stereocenters. The van der Waals surface area contributed by atoms with Gasteiger partial charge in [0.05, 0.1) is 24.4 Å². The predicted octanol–water partition coefficient (Wildman–Crippen LogP) is 3.84. The Balaban J connectivity index is 1.42. The highest BCUT2D eigenvalue weighted by molar-refractivity contribution is 6.04. The summed E-state index contributed by atoms with van der Waals surface area (Å²) in [6.07, 6.45) is 5.03. The normalized spacial score (nSPS) is 13.9. The van der Waals surface area contributed by atoms with E-state index in [-0.39, 0.29) is 30.2 Å². The van der Waals surface area contributed by atoms with Gasteiger partial charge in [0.15, 0.2) is 0 Å². The molecule has 0 spiro atoms. The smallest absolute Gasteiger partial charge is 0.253 e. The van der Waals surface area contributed by atoms with E-state index in [1.54, 1.807) is 36.4 Å². The molecule has 1 aliphatic rings. The Kier molecular flexibility index (Phi) is 8.41. The Labute approximate surface area is 182 Å². The number of ether oxygens (including phenoxy) is 1. The van der Waals surface area contributed by atoms with Crippen molar-refractivity contribution < 1.29 is 18.7 Å². The molecule has 0 saturated heterocycles. The van der Waals surface area contributed by atoms with Crippen LogP contribution in [0.3, 0.4) is 0 Å². The standard InChI is InChI=1S/C24H30FN3O3/c1-28(15-6-16-31-20-13-11-18(25)12-14-20)17-23(29)27-22-10-5-4-9-21(22)24(30)26-19-7-2-3-8-19/h4-5,9-14,19H,2-3,6-8,15-17H2,1H3,(H,26,30)(H,27,29). The third-order valence-corrected chi connectivity index (χ3v) is 5.32. The van der Waals surface area contributed by atoms with Crippen LogP contribution in [0, 0.1) is 5.82 Å². The van der Waals surface area contributed by atoms with Gasteiger partial charge in [0.1, 0.15) is 11.6 Å². The lowest BCUT2D eigenvalue weighted by Crippen LogP contribution is -2.34. The number of hydrogen-bond donors (Lipinski definition) is 2. The maximum absolute atomic E-state index is 12.9. The SMILES string of the molecule is CN(CCCOc1ccc(F)cc1)CC(=O)Nc1ccccc1C(=O)NC1CCCC1. The molecular formula is C24H30FN3O3. The van der Waals surface area contributed by atoms with E-state index in [0.29, 0.717) is 30.2 Å². The van der Waals surface area contributed by atoms with Crippen molar-refractivity contribution in [2.45, 2.75) is 38.1 Å². The molecule has 0 radical (unpaired) electrons. The van der Waals surface area contributed by atoms with Crippen LogP contribution in [0.25, 0.3) is 0 Å². The number of likely N-dealkylation sites (N-methyl/N-ethyl adjacent to an activating group) is 1. The topological polar surface area (TPSA) is 70.7 Å². The number of hydrogen-bond acceptors (Lipinski definition) is 4. The number of carbonyl (C=O) groups is 2. The number of halogens is 1. The van der Waals surface area contributed by atoms with Gasteiger partial charge in [0, 0.05) is 12.6 Å². The number of benzene rings is 2. The number of anilines is 1. The predicted molar refractivity (Wildman–Crippen MR) is 119 cm³/mol. The van der Waals surface area contributed by atoms with E-state index in [9.17, 15) is 14.0 Å². The molecule has 1 fully saturated rings. The van der Waals surface area contributed by atoms with E-state index in [1.165, 1.54) is 12.1 Å². The van der Waals surface area contributed by atoms with Crippen LogP contribution in [0.15, 0.2) is 48.5 Å². The molecule has 0 aliphatic heterocycles. The van der Waals surface area contributed by atoms with Crippen LogP contribution in [-0.2, 0) is 4.79 Å². The third-order valence-electron chi connectivity index (χ3n) is 5.32. The quantitative estimate of drug-likeness (QED) is 0.566. The summed E-state index contributed by atoms with van der Waals surface area (Å²) in [4.78, 5) is 27.0. The zero-order chi connectivity index (χ0) is 22.1. The van der Waals surface area contributed by atoms with Crippen LogP contribution in [0.1, 0.15) is 42.5 Å². The molecule has 2 aromatic carbocycles. The average Bonchev–Trinajstić information content (AvgIpc) is 3.26. The van der Waals surface area contributed by atoms with E-state index in [4.69, 9.17) is 4.74 Å². The summed E-state index contributed by atoms with van der Waals surface area (Å²) in [6, 6.07) is 13.2. The highest BCUT2D eigenvalue weighted by Crippen LogP contribution is 2.20. The largest absolute Gasteiger partial charge is 0.494 e. The molecule has 0 atom stereocenters. The van der Waals surface area contributed by atoms with Crippen molar-refractivity contribution in [3.63, 3.8) is 0 Å². The Morgan fingerprint density at radius 3 is 2.55 bits per heavy atom. The molecule has 3 rings (SSSR count). The zero-order valence-corrected chi connectivity index (χ0v) is 17.9. The van der Waals surface area contributed by atoms with Gasteiger partial charge in [0.25, 0.3) is 5.91 Å². The summed E-state index contributed by atoms with van der Waals surface area (Å²) in [7, 11) is 1.86. The van der Waals surface area contributed by atoms with Crippen molar-refractivity contribution in [3.05, 3.63) is 59.9 Å². The lowest BCUT2D eigenvalue weighted by Gasteiger charge is -2.18. The second-order valence-corrected chi connectivity index (χ2v) is 7.94. The van der Waals surface area contributed by atoms with Crippen molar-refractivity contribution in [3.8, 4) is 5.75 Å². The number of amides is 2.